The Kier molecular flexibility index (Phi) is 5.96. The number of hydrogen-bond acceptors (Lipinski definition) is 4. The molecule has 1 aliphatic rings. The second-order valence-electron chi connectivity index (χ2n) is 5.61. The Labute approximate surface area is 156 Å². The minimum atomic E-state index is -0.231. The second kappa shape index (κ2) is 8.38. The SMILES string of the molecule is O=C(Nc1cc(Cl)ccc1Cl)N1CCNCC1COc1cccnc1. The largest absolute Gasteiger partial charge is 0.490 e. The molecule has 1 atom stereocenters. The normalized spacial score (nSPS) is 17.2. The highest BCUT2D eigenvalue weighted by Crippen LogP contribution is 2.26. The van der Waals surface area contributed by atoms with E-state index >= 15 is 0 Å². The Morgan fingerprint density at radius 3 is 3.08 bits per heavy atom. The number of piperazine rings is 1. The van der Waals surface area contributed by atoms with E-state index in [4.69, 9.17) is 27.9 Å². The molecule has 1 fully saturated rings. The van der Waals surface area contributed by atoms with Gasteiger partial charge in [-0.3, -0.25) is 4.98 Å². The fourth-order valence-electron chi connectivity index (χ4n) is 2.58. The fourth-order valence-corrected chi connectivity index (χ4v) is 2.92. The van der Waals surface area contributed by atoms with Crippen LogP contribution in [0.3, 0.4) is 0 Å². The van der Waals surface area contributed by atoms with E-state index in [0.29, 0.717) is 41.2 Å². The summed E-state index contributed by atoms with van der Waals surface area (Å²) in [7, 11) is 0. The van der Waals surface area contributed by atoms with Gasteiger partial charge in [0.25, 0.3) is 0 Å². The Morgan fingerprint density at radius 2 is 2.28 bits per heavy atom. The highest BCUT2D eigenvalue weighted by Gasteiger charge is 2.27. The highest BCUT2D eigenvalue weighted by molar-refractivity contribution is 6.35. The minimum absolute atomic E-state index is 0.105. The average molecular weight is 381 g/mol. The number of ether oxygens (including phenoxy) is 1. The van der Waals surface area contributed by atoms with Crippen molar-refractivity contribution in [1.82, 2.24) is 15.2 Å². The number of hydrogen-bond donors (Lipinski definition) is 2. The molecule has 0 radical (unpaired) electrons. The zero-order valence-corrected chi connectivity index (χ0v) is 14.9. The summed E-state index contributed by atoms with van der Waals surface area (Å²) in [6.45, 7) is 2.32. The van der Waals surface area contributed by atoms with Gasteiger partial charge in [-0.2, -0.15) is 0 Å². The number of carbonyl (C=O) groups is 1. The average Bonchev–Trinajstić information content (AvgIpc) is 2.64. The standard InChI is InChI=1S/C17H18Cl2N4O2/c18-12-3-4-15(19)16(8-12)22-17(24)23-7-6-21-9-13(23)11-25-14-2-1-5-20-10-14/h1-5,8,10,13,21H,6-7,9,11H2,(H,22,24). The van der Waals surface area contributed by atoms with Crippen LogP contribution in [0.1, 0.15) is 0 Å². The predicted octanol–water partition coefficient (Wildman–Crippen LogP) is 3.27. The second-order valence-corrected chi connectivity index (χ2v) is 6.45. The summed E-state index contributed by atoms with van der Waals surface area (Å²) in [4.78, 5) is 18.4. The van der Waals surface area contributed by atoms with Crippen molar-refractivity contribution in [2.45, 2.75) is 6.04 Å². The van der Waals surface area contributed by atoms with E-state index in [1.165, 1.54) is 0 Å². The Morgan fingerprint density at radius 1 is 1.40 bits per heavy atom. The van der Waals surface area contributed by atoms with E-state index in [9.17, 15) is 4.79 Å². The maximum absolute atomic E-state index is 12.7. The molecule has 1 aromatic heterocycles. The first-order valence-electron chi connectivity index (χ1n) is 7.89. The summed E-state index contributed by atoms with van der Waals surface area (Å²) in [6.07, 6.45) is 3.33. The van der Waals surface area contributed by atoms with Gasteiger partial charge in [0.1, 0.15) is 12.4 Å². The summed E-state index contributed by atoms with van der Waals surface area (Å²) >= 11 is 12.1. The van der Waals surface area contributed by atoms with Crippen LogP contribution >= 0.6 is 23.2 Å². The molecule has 1 saturated heterocycles. The first-order chi connectivity index (χ1) is 12.1. The number of amides is 2. The third-order valence-electron chi connectivity index (χ3n) is 3.86. The summed E-state index contributed by atoms with van der Waals surface area (Å²) in [5.74, 6) is 0.673. The van der Waals surface area contributed by atoms with Crippen LogP contribution in [0.25, 0.3) is 0 Å². The number of aromatic nitrogens is 1. The van der Waals surface area contributed by atoms with Gasteiger partial charge in [-0.1, -0.05) is 23.2 Å². The molecule has 8 heteroatoms. The van der Waals surface area contributed by atoms with E-state index in [1.54, 1.807) is 41.6 Å². The number of benzene rings is 1. The van der Waals surface area contributed by atoms with Crippen LogP contribution in [-0.2, 0) is 0 Å². The van der Waals surface area contributed by atoms with Gasteiger partial charge in [-0.15, -0.1) is 0 Å². The molecule has 1 aliphatic heterocycles. The number of nitrogens with zero attached hydrogens (tertiary/aromatic N) is 2. The van der Waals surface area contributed by atoms with Gasteiger partial charge < -0.3 is 20.3 Å². The van der Waals surface area contributed by atoms with Crippen LogP contribution in [0.15, 0.2) is 42.7 Å². The van der Waals surface area contributed by atoms with Crippen molar-refractivity contribution in [3.63, 3.8) is 0 Å². The molecular weight excluding hydrogens is 363 g/mol. The van der Waals surface area contributed by atoms with E-state index in [1.807, 2.05) is 6.07 Å². The molecule has 2 heterocycles. The molecule has 132 valence electrons. The lowest BCUT2D eigenvalue weighted by molar-refractivity contribution is 0.133. The number of anilines is 1. The number of carbonyl (C=O) groups excluding carboxylic acids is 1. The van der Waals surface area contributed by atoms with Crippen molar-refractivity contribution >= 4 is 34.9 Å². The van der Waals surface area contributed by atoms with Crippen LogP contribution in [0.5, 0.6) is 5.75 Å². The molecule has 0 aliphatic carbocycles. The Balaban J connectivity index is 1.65. The van der Waals surface area contributed by atoms with Crippen LogP contribution in [0, 0.1) is 0 Å². The molecule has 1 aromatic carbocycles. The maximum atomic E-state index is 12.7. The molecule has 0 bridgehead atoms. The van der Waals surface area contributed by atoms with Crippen LogP contribution in [0.2, 0.25) is 10.0 Å². The summed E-state index contributed by atoms with van der Waals surface area (Å²) in [6, 6.07) is 8.26. The van der Waals surface area contributed by atoms with Crippen LogP contribution < -0.4 is 15.4 Å². The van der Waals surface area contributed by atoms with Crippen LogP contribution in [-0.4, -0.2) is 48.2 Å². The smallest absolute Gasteiger partial charge is 0.322 e. The van der Waals surface area contributed by atoms with Gasteiger partial charge in [0.15, 0.2) is 0 Å². The van der Waals surface area contributed by atoms with Crippen molar-refractivity contribution in [3.8, 4) is 5.75 Å². The zero-order chi connectivity index (χ0) is 17.6. The Bertz CT molecular complexity index is 730. The maximum Gasteiger partial charge on any atom is 0.322 e. The third kappa shape index (κ3) is 4.75. The van der Waals surface area contributed by atoms with Gasteiger partial charge in [0.05, 0.1) is 22.9 Å². The van der Waals surface area contributed by atoms with Gasteiger partial charge >= 0.3 is 6.03 Å². The fraction of sp³-hybridized carbons (Fsp3) is 0.294. The number of halogens is 2. The lowest BCUT2D eigenvalue weighted by Gasteiger charge is -2.36. The molecular formula is C17H18Cl2N4O2. The number of rotatable bonds is 4. The molecule has 0 spiro atoms. The van der Waals surface area contributed by atoms with Crippen molar-refractivity contribution in [1.29, 1.82) is 0 Å². The number of nitrogens with one attached hydrogen (secondary N) is 2. The van der Waals surface area contributed by atoms with E-state index < -0.39 is 0 Å². The lowest BCUT2D eigenvalue weighted by Crippen LogP contribution is -2.57. The minimum Gasteiger partial charge on any atom is -0.490 e. The van der Waals surface area contributed by atoms with Gasteiger partial charge in [-0.25, -0.2) is 4.79 Å². The molecule has 0 saturated carbocycles. The quantitative estimate of drug-likeness (QED) is 0.853. The van der Waals surface area contributed by atoms with Gasteiger partial charge in [0, 0.05) is 30.9 Å². The molecule has 2 amide bonds. The van der Waals surface area contributed by atoms with Crippen molar-refractivity contribution in [2.75, 3.05) is 31.6 Å². The van der Waals surface area contributed by atoms with Crippen molar-refractivity contribution in [2.24, 2.45) is 0 Å². The first-order valence-corrected chi connectivity index (χ1v) is 8.65. The molecule has 1 unspecified atom stereocenters. The molecule has 2 aromatic rings. The first kappa shape index (κ1) is 17.8. The van der Waals surface area contributed by atoms with E-state index in [-0.39, 0.29) is 12.1 Å². The predicted molar refractivity (Wildman–Crippen MR) is 98.6 cm³/mol. The van der Waals surface area contributed by atoms with E-state index in [2.05, 4.69) is 15.6 Å². The van der Waals surface area contributed by atoms with Crippen molar-refractivity contribution in [3.05, 3.63) is 52.8 Å². The highest BCUT2D eigenvalue weighted by atomic mass is 35.5. The number of urea groups is 1. The molecule has 3 rings (SSSR count). The lowest BCUT2D eigenvalue weighted by atomic mass is 10.2. The summed E-state index contributed by atoms with van der Waals surface area (Å²) in [5, 5.41) is 7.05. The van der Waals surface area contributed by atoms with Crippen molar-refractivity contribution < 1.29 is 9.53 Å². The summed E-state index contributed by atoms with van der Waals surface area (Å²) < 4.78 is 5.75. The summed E-state index contributed by atoms with van der Waals surface area (Å²) in [5.41, 5.74) is 0.490. The molecule has 2 N–H and O–H groups in total. The third-order valence-corrected chi connectivity index (χ3v) is 4.42. The van der Waals surface area contributed by atoms with Gasteiger partial charge in [0.2, 0.25) is 0 Å². The number of pyridine rings is 1. The molecule has 25 heavy (non-hydrogen) atoms. The monoisotopic (exact) mass is 380 g/mol. The van der Waals surface area contributed by atoms with Gasteiger partial charge in [-0.05, 0) is 30.3 Å². The van der Waals surface area contributed by atoms with Crippen LogP contribution in [0.4, 0.5) is 10.5 Å². The topological polar surface area (TPSA) is 66.5 Å². The zero-order valence-electron chi connectivity index (χ0n) is 13.4. The Hall–Kier alpha value is -2.02. The van der Waals surface area contributed by atoms with E-state index in [0.717, 1.165) is 6.54 Å². The molecule has 6 nitrogen and oxygen atoms in total.